The van der Waals surface area contributed by atoms with Gasteiger partial charge in [0, 0.05) is 32.0 Å². The first-order chi connectivity index (χ1) is 13.8. The average Bonchev–Trinajstić information content (AvgIpc) is 3.34. The van der Waals surface area contributed by atoms with Gasteiger partial charge in [-0.1, -0.05) is 20.8 Å². The molecule has 29 heavy (non-hydrogen) atoms. The van der Waals surface area contributed by atoms with Crippen molar-refractivity contribution >= 4 is 5.78 Å². The Morgan fingerprint density at radius 3 is 2.55 bits per heavy atom. The van der Waals surface area contributed by atoms with Crippen LogP contribution < -0.4 is 0 Å². The van der Waals surface area contributed by atoms with E-state index < -0.39 is 5.79 Å². The van der Waals surface area contributed by atoms with Gasteiger partial charge in [-0.15, -0.1) is 0 Å². The fourth-order valence-electron chi connectivity index (χ4n) is 8.95. The first-order valence-electron chi connectivity index (χ1n) is 11.5. The topological polar surface area (TPSA) is 57.3 Å². The number of carbonyl (C=O) groups is 1. The Morgan fingerprint density at radius 1 is 1.07 bits per heavy atom. The van der Waals surface area contributed by atoms with E-state index in [1.54, 1.807) is 14.2 Å². The number of hydrogen-bond donors (Lipinski definition) is 0. The molecule has 0 aromatic carbocycles. The SMILES string of the molecule is COC(OC)C(C)[C@H]1CC[C@H]2[C@@H]3[C@@H]4O[C@]45OC4=C5[C@](C)(CCC4=O)[C@H]3CC[C@]12C. The van der Waals surface area contributed by atoms with Crippen molar-refractivity contribution in [1.29, 1.82) is 0 Å². The maximum absolute atomic E-state index is 12.4. The van der Waals surface area contributed by atoms with Gasteiger partial charge >= 0.3 is 0 Å². The third-order valence-corrected chi connectivity index (χ3v) is 10.2. The highest BCUT2D eigenvalue weighted by atomic mass is 16.8. The molecular weight excluding hydrogens is 368 g/mol. The third kappa shape index (κ3) is 2.01. The molecule has 160 valence electrons. The molecule has 4 aliphatic carbocycles. The van der Waals surface area contributed by atoms with E-state index in [1.165, 1.54) is 31.3 Å². The minimum absolute atomic E-state index is 0.0752. The lowest BCUT2D eigenvalue weighted by Crippen LogP contribution is -2.61. The summed E-state index contributed by atoms with van der Waals surface area (Å²) in [6.45, 7) is 7.22. The molecule has 0 amide bonds. The van der Waals surface area contributed by atoms with Crippen molar-refractivity contribution < 1.29 is 23.7 Å². The maximum atomic E-state index is 12.4. The Labute approximate surface area is 173 Å². The highest BCUT2D eigenvalue weighted by Gasteiger charge is 2.83. The summed E-state index contributed by atoms with van der Waals surface area (Å²) in [6, 6.07) is 0. The number of fused-ring (bicyclic) bond motifs is 5. The van der Waals surface area contributed by atoms with E-state index >= 15 is 0 Å². The molecular formula is C24H34O5. The molecule has 0 aromatic rings. The highest BCUT2D eigenvalue weighted by molar-refractivity contribution is 5.98. The van der Waals surface area contributed by atoms with E-state index in [0.29, 0.717) is 41.8 Å². The number of Topliss-reactive ketones (excluding diaryl/α,β-unsaturated/α-hetero) is 1. The molecule has 3 saturated carbocycles. The molecule has 1 saturated heterocycles. The zero-order chi connectivity index (χ0) is 20.3. The molecule has 5 heteroatoms. The van der Waals surface area contributed by atoms with Gasteiger partial charge in [0.15, 0.2) is 17.8 Å². The molecule has 1 unspecified atom stereocenters. The number of rotatable bonds is 4. The Kier molecular flexibility index (Phi) is 3.67. The molecule has 4 fully saturated rings. The summed E-state index contributed by atoms with van der Waals surface area (Å²) in [4.78, 5) is 12.4. The van der Waals surface area contributed by atoms with Crippen LogP contribution in [0.15, 0.2) is 11.3 Å². The number of hydrogen-bond acceptors (Lipinski definition) is 5. The van der Waals surface area contributed by atoms with Gasteiger partial charge in [0.1, 0.15) is 6.10 Å². The summed E-state index contributed by atoms with van der Waals surface area (Å²) < 4.78 is 23.7. The lowest BCUT2D eigenvalue weighted by molar-refractivity contribution is -0.165. The summed E-state index contributed by atoms with van der Waals surface area (Å²) >= 11 is 0. The molecule has 2 aliphatic heterocycles. The van der Waals surface area contributed by atoms with Gasteiger partial charge in [-0.3, -0.25) is 4.79 Å². The van der Waals surface area contributed by atoms with E-state index in [4.69, 9.17) is 18.9 Å². The van der Waals surface area contributed by atoms with E-state index in [-0.39, 0.29) is 29.0 Å². The van der Waals surface area contributed by atoms with Crippen molar-refractivity contribution in [3.05, 3.63) is 11.3 Å². The second kappa shape index (κ2) is 5.66. The first kappa shape index (κ1) is 18.8. The smallest absolute Gasteiger partial charge is 0.265 e. The van der Waals surface area contributed by atoms with Gasteiger partial charge in [-0.2, -0.15) is 0 Å². The van der Waals surface area contributed by atoms with Gasteiger partial charge in [-0.05, 0) is 61.2 Å². The quantitative estimate of drug-likeness (QED) is 0.524. The second-order valence-corrected chi connectivity index (χ2v) is 11.1. The minimum Gasteiger partial charge on any atom is -0.451 e. The zero-order valence-corrected chi connectivity index (χ0v) is 18.3. The number of ether oxygens (including phenoxy) is 4. The molecule has 1 spiro atoms. The van der Waals surface area contributed by atoms with Gasteiger partial charge in [0.2, 0.25) is 0 Å². The van der Waals surface area contributed by atoms with Crippen LogP contribution in [0.25, 0.3) is 0 Å². The van der Waals surface area contributed by atoms with Crippen LogP contribution in [0.4, 0.5) is 0 Å². The molecule has 6 rings (SSSR count). The summed E-state index contributed by atoms with van der Waals surface area (Å²) in [5.74, 6) is 3.09. The van der Waals surface area contributed by atoms with Crippen LogP contribution in [0.2, 0.25) is 0 Å². The Morgan fingerprint density at radius 2 is 1.83 bits per heavy atom. The largest absolute Gasteiger partial charge is 0.451 e. The van der Waals surface area contributed by atoms with E-state index in [1.807, 2.05) is 0 Å². The van der Waals surface area contributed by atoms with Crippen LogP contribution in [-0.4, -0.2) is 38.2 Å². The number of carbonyl (C=O) groups excluding carboxylic acids is 1. The summed E-state index contributed by atoms with van der Waals surface area (Å²) in [5, 5.41) is 0. The van der Waals surface area contributed by atoms with Crippen LogP contribution in [0.1, 0.15) is 59.3 Å². The van der Waals surface area contributed by atoms with Crippen LogP contribution in [0.3, 0.4) is 0 Å². The Bertz CT molecular complexity index is 801. The molecule has 0 aromatic heterocycles. The lowest BCUT2D eigenvalue weighted by atomic mass is 9.45. The highest BCUT2D eigenvalue weighted by Crippen LogP contribution is 2.77. The van der Waals surface area contributed by atoms with Gasteiger partial charge in [0.25, 0.3) is 5.79 Å². The zero-order valence-electron chi connectivity index (χ0n) is 18.3. The number of epoxide rings is 1. The monoisotopic (exact) mass is 402 g/mol. The number of methoxy groups -OCH3 is 2. The fourth-order valence-corrected chi connectivity index (χ4v) is 8.95. The van der Waals surface area contributed by atoms with E-state index in [9.17, 15) is 4.79 Å². The van der Waals surface area contributed by atoms with Crippen LogP contribution in [-0.2, 0) is 23.7 Å². The van der Waals surface area contributed by atoms with Crippen LogP contribution >= 0.6 is 0 Å². The molecule has 0 bridgehead atoms. The molecule has 0 radical (unpaired) electrons. The standard InChI is InChI=1S/C24H34O5/c1-12(21(26-4)27-5)13-6-7-14-17-15(8-10-22(13,14)2)23(3)11-9-16(25)18-19(23)24(28-18)20(17)29-24/h12-15,17,20-21H,6-11H2,1-5H3/t12?,13-,14+,15+,17+,20+,22-,23-,24+/m1/s1. The maximum Gasteiger partial charge on any atom is 0.265 e. The summed E-state index contributed by atoms with van der Waals surface area (Å²) in [7, 11) is 3.51. The molecule has 5 nitrogen and oxygen atoms in total. The normalized spacial score (nSPS) is 52.8. The van der Waals surface area contributed by atoms with Crippen molar-refractivity contribution in [2.45, 2.75) is 77.5 Å². The number of ketones is 1. The van der Waals surface area contributed by atoms with E-state index in [0.717, 1.165) is 6.42 Å². The predicted octanol–water partition coefficient (Wildman–Crippen LogP) is 4.06. The first-order valence-corrected chi connectivity index (χ1v) is 11.5. The summed E-state index contributed by atoms with van der Waals surface area (Å²) in [5.41, 5.74) is 1.60. The van der Waals surface area contributed by atoms with Crippen molar-refractivity contribution in [3.8, 4) is 0 Å². The van der Waals surface area contributed by atoms with Crippen LogP contribution in [0.5, 0.6) is 0 Å². The van der Waals surface area contributed by atoms with Crippen molar-refractivity contribution in [1.82, 2.24) is 0 Å². The van der Waals surface area contributed by atoms with Crippen molar-refractivity contribution in [2.24, 2.45) is 40.4 Å². The Hall–Kier alpha value is -0.910. The second-order valence-electron chi connectivity index (χ2n) is 11.1. The van der Waals surface area contributed by atoms with E-state index in [2.05, 4.69) is 20.8 Å². The fraction of sp³-hybridized carbons (Fsp3) is 0.875. The van der Waals surface area contributed by atoms with Gasteiger partial charge in [-0.25, -0.2) is 0 Å². The minimum atomic E-state index is -0.537. The Balaban J connectivity index is 1.36. The van der Waals surface area contributed by atoms with Crippen molar-refractivity contribution in [3.63, 3.8) is 0 Å². The summed E-state index contributed by atoms with van der Waals surface area (Å²) in [6.07, 6.45) is 6.57. The molecule has 9 atom stereocenters. The van der Waals surface area contributed by atoms with Gasteiger partial charge < -0.3 is 18.9 Å². The third-order valence-electron chi connectivity index (χ3n) is 10.2. The molecule has 0 N–H and O–H groups in total. The van der Waals surface area contributed by atoms with Crippen molar-refractivity contribution in [2.75, 3.05) is 14.2 Å². The average molecular weight is 403 g/mol. The predicted molar refractivity (Wildman–Crippen MR) is 106 cm³/mol. The van der Waals surface area contributed by atoms with Gasteiger partial charge in [0.05, 0.1) is 5.57 Å². The molecule has 6 aliphatic rings. The van der Waals surface area contributed by atoms with Crippen LogP contribution in [0, 0.1) is 40.4 Å². The lowest BCUT2D eigenvalue weighted by Gasteiger charge is -2.60. The molecule has 2 heterocycles.